The summed E-state index contributed by atoms with van der Waals surface area (Å²) < 4.78 is 36.5. The first kappa shape index (κ1) is 14.1. The van der Waals surface area contributed by atoms with Gasteiger partial charge in [0.05, 0.1) is 4.90 Å². The number of nitrogens with one attached hydrogen (secondary N) is 2. The molecular formula is C9H14N2O4S2. The van der Waals surface area contributed by atoms with Gasteiger partial charge in [0.1, 0.15) is 0 Å². The Morgan fingerprint density at radius 2 is 2.12 bits per heavy atom. The van der Waals surface area contributed by atoms with Gasteiger partial charge in [-0.3, -0.25) is 9.00 Å². The Morgan fingerprint density at radius 3 is 2.65 bits per heavy atom. The second-order valence-corrected chi connectivity index (χ2v) is 6.74. The van der Waals surface area contributed by atoms with Crippen LogP contribution in [0.25, 0.3) is 0 Å². The summed E-state index contributed by atoms with van der Waals surface area (Å²) in [5.74, 6) is 0.453. The molecule has 17 heavy (non-hydrogen) atoms. The fourth-order valence-electron chi connectivity index (χ4n) is 1.13. The van der Waals surface area contributed by atoms with Crippen molar-refractivity contribution in [2.75, 3.05) is 18.6 Å². The molecule has 0 aliphatic rings. The normalized spacial score (nSPS) is 13.5. The van der Waals surface area contributed by atoms with E-state index < -0.39 is 20.8 Å². The maximum absolute atomic E-state index is 11.7. The van der Waals surface area contributed by atoms with Gasteiger partial charge in [-0.2, -0.15) is 0 Å². The molecule has 0 fully saturated rings. The molecule has 1 aromatic heterocycles. The molecule has 0 aliphatic heterocycles. The van der Waals surface area contributed by atoms with Crippen LogP contribution < -0.4 is 10.3 Å². The quantitative estimate of drug-likeness (QED) is 0.681. The molecule has 0 aliphatic carbocycles. The van der Waals surface area contributed by atoms with Crippen LogP contribution in [-0.4, -0.2) is 36.2 Å². The monoisotopic (exact) mass is 278 g/mol. The first-order valence-electron chi connectivity index (χ1n) is 4.90. The summed E-state index contributed by atoms with van der Waals surface area (Å²) in [6, 6.07) is 2.38. The van der Waals surface area contributed by atoms with E-state index in [-0.39, 0.29) is 17.0 Å². The van der Waals surface area contributed by atoms with Crippen molar-refractivity contribution in [3.05, 3.63) is 28.7 Å². The predicted octanol–water partition coefficient (Wildman–Crippen LogP) is -0.578. The Morgan fingerprint density at radius 1 is 1.41 bits per heavy atom. The van der Waals surface area contributed by atoms with Gasteiger partial charge in [-0.05, 0) is 12.5 Å². The highest BCUT2D eigenvalue weighted by molar-refractivity contribution is 7.89. The van der Waals surface area contributed by atoms with Gasteiger partial charge in [0.15, 0.2) is 0 Å². The van der Waals surface area contributed by atoms with Crippen LogP contribution >= 0.6 is 0 Å². The molecule has 1 heterocycles. The van der Waals surface area contributed by atoms with E-state index in [0.717, 1.165) is 12.3 Å². The predicted molar refractivity (Wildman–Crippen MR) is 65.8 cm³/mol. The zero-order chi connectivity index (χ0) is 12.9. The molecule has 1 unspecified atom stereocenters. The fraction of sp³-hybridized carbons (Fsp3) is 0.444. The molecule has 6 nitrogen and oxygen atoms in total. The van der Waals surface area contributed by atoms with Crippen LogP contribution in [0, 0.1) is 0 Å². The number of hydrogen-bond acceptors (Lipinski definition) is 4. The first-order chi connectivity index (χ1) is 7.92. The van der Waals surface area contributed by atoms with Crippen LogP contribution in [0.5, 0.6) is 0 Å². The van der Waals surface area contributed by atoms with Crippen molar-refractivity contribution in [1.29, 1.82) is 0 Å². The number of rotatable bonds is 6. The van der Waals surface area contributed by atoms with Crippen LogP contribution in [0.3, 0.4) is 0 Å². The van der Waals surface area contributed by atoms with E-state index in [1.165, 1.54) is 6.07 Å². The highest BCUT2D eigenvalue weighted by Gasteiger charge is 2.12. The maximum Gasteiger partial charge on any atom is 0.247 e. The lowest BCUT2D eigenvalue weighted by Gasteiger charge is -2.05. The standard InChI is InChI=1S/C9H14N2O4S2/c1-16(13)6-2-5-11-17(14,15)8-3-4-9(12)10-7-8/h3-4,7,11H,2,5-6H2,1H3,(H,10,12). The van der Waals surface area contributed by atoms with Crippen molar-refractivity contribution >= 4 is 20.8 Å². The zero-order valence-corrected chi connectivity index (χ0v) is 10.9. The molecule has 1 rings (SSSR count). The summed E-state index contributed by atoms with van der Waals surface area (Å²) in [6.07, 6.45) is 3.21. The molecule has 0 radical (unpaired) electrons. The van der Waals surface area contributed by atoms with Gasteiger partial charge in [-0.15, -0.1) is 0 Å². The summed E-state index contributed by atoms with van der Waals surface area (Å²) in [5, 5.41) is 0. The van der Waals surface area contributed by atoms with E-state index in [9.17, 15) is 17.4 Å². The summed E-state index contributed by atoms with van der Waals surface area (Å²) in [6.45, 7) is 0.223. The number of pyridine rings is 1. The third kappa shape index (κ3) is 4.80. The fourth-order valence-corrected chi connectivity index (χ4v) is 2.72. The molecule has 8 heteroatoms. The second-order valence-electron chi connectivity index (χ2n) is 3.42. The van der Waals surface area contributed by atoms with Gasteiger partial charge in [0, 0.05) is 41.6 Å². The van der Waals surface area contributed by atoms with Crippen LogP contribution in [-0.2, 0) is 20.8 Å². The highest BCUT2D eigenvalue weighted by atomic mass is 32.2. The molecule has 2 N–H and O–H groups in total. The summed E-state index contributed by atoms with van der Waals surface area (Å²) in [7, 11) is -4.52. The topological polar surface area (TPSA) is 96.1 Å². The number of sulfonamides is 1. The van der Waals surface area contributed by atoms with E-state index in [1.807, 2.05) is 0 Å². The average Bonchev–Trinajstić information content (AvgIpc) is 2.25. The van der Waals surface area contributed by atoms with Crippen molar-refractivity contribution < 1.29 is 12.6 Å². The van der Waals surface area contributed by atoms with Gasteiger partial charge in [-0.25, -0.2) is 13.1 Å². The second kappa shape index (κ2) is 6.08. The van der Waals surface area contributed by atoms with Crippen LogP contribution in [0.1, 0.15) is 6.42 Å². The maximum atomic E-state index is 11.7. The van der Waals surface area contributed by atoms with Crippen molar-refractivity contribution in [3.8, 4) is 0 Å². The minimum atomic E-state index is -3.59. The Kier molecular flexibility index (Phi) is 5.03. The Hall–Kier alpha value is -0.990. The molecule has 0 saturated heterocycles. The Bertz CT molecular complexity index is 530. The van der Waals surface area contributed by atoms with E-state index in [1.54, 1.807) is 6.26 Å². The number of H-pyrrole nitrogens is 1. The van der Waals surface area contributed by atoms with E-state index in [4.69, 9.17) is 0 Å². The van der Waals surface area contributed by atoms with Crippen LogP contribution in [0.15, 0.2) is 28.0 Å². The minimum Gasteiger partial charge on any atom is -0.328 e. The van der Waals surface area contributed by atoms with E-state index in [0.29, 0.717) is 12.2 Å². The van der Waals surface area contributed by atoms with Gasteiger partial charge in [-0.1, -0.05) is 0 Å². The number of hydrogen-bond donors (Lipinski definition) is 2. The minimum absolute atomic E-state index is 0.00900. The largest absolute Gasteiger partial charge is 0.328 e. The lowest BCUT2D eigenvalue weighted by atomic mass is 10.5. The third-order valence-electron chi connectivity index (χ3n) is 1.97. The lowest BCUT2D eigenvalue weighted by molar-refractivity contribution is 0.580. The molecule has 96 valence electrons. The molecule has 0 saturated carbocycles. The molecular weight excluding hydrogens is 264 g/mol. The van der Waals surface area contributed by atoms with Crippen LogP contribution in [0.4, 0.5) is 0 Å². The zero-order valence-electron chi connectivity index (χ0n) is 9.30. The molecule has 1 aromatic rings. The summed E-state index contributed by atoms with van der Waals surface area (Å²) >= 11 is 0. The Labute approximate surface area is 102 Å². The number of aromatic amines is 1. The van der Waals surface area contributed by atoms with Gasteiger partial charge < -0.3 is 4.98 Å². The van der Waals surface area contributed by atoms with Gasteiger partial charge in [0.25, 0.3) is 0 Å². The summed E-state index contributed by atoms with van der Waals surface area (Å²) in [4.78, 5) is 13.1. The SMILES string of the molecule is CS(=O)CCCNS(=O)(=O)c1ccc(=O)[nH]c1. The van der Waals surface area contributed by atoms with Gasteiger partial charge in [0.2, 0.25) is 15.6 Å². The van der Waals surface area contributed by atoms with E-state index in [2.05, 4.69) is 9.71 Å². The van der Waals surface area contributed by atoms with Crippen molar-refractivity contribution in [1.82, 2.24) is 9.71 Å². The summed E-state index contributed by atoms with van der Waals surface area (Å²) in [5.41, 5.74) is -0.356. The van der Waals surface area contributed by atoms with Crippen LogP contribution in [0.2, 0.25) is 0 Å². The Balaban J connectivity index is 2.60. The lowest BCUT2D eigenvalue weighted by Crippen LogP contribution is -2.26. The molecule has 1 atom stereocenters. The highest BCUT2D eigenvalue weighted by Crippen LogP contribution is 2.03. The first-order valence-corrected chi connectivity index (χ1v) is 8.11. The smallest absolute Gasteiger partial charge is 0.247 e. The van der Waals surface area contributed by atoms with Crippen molar-refractivity contribution in [2.24, 2.45) is 0 Å². The third-order valence-corrected chi connectivity index (χ3v) is 4.29. The number of aromatic nitrogens is 1. The molecule has 0 bridgehead atoms. The average molecular weight is 278 g/mol. The van der Waals surface area contributed by atoms with E-state index >= 15 is 0 Å². The molecule has 0 spiro atoms. The van der Waals surface area contributed by atoms with Crippen molar-refractivity contribution in [2.45, 2.75) is 11.3 Å². The molecule has 0 aromatic carbocycles. The van der Waals surface area contributed by atoms with Crippen molar-refractivity contribution in [3.63, 3.8) is 0 Å². The molecule has 0 amide bonds. The van der Waals surface area contributed by atoms with Gasteiger partial charge >= 0.3 is 0 Å².